The van der Waals surface area contributed by atoms with Gasteiger partial charge in [-0.25, -0.2) is 8.78 Å². The van der Waals surface area contributed by atoms with Crippen molar-refractivity contribution in [2.45, 2.75) is 127 Å². The Morgan fingerprint density at radius 2 is 1.12 bits per heavy atom. The standard InChI is InChI=1S/C24H34FN3O3.C22H30FN3O2/c1-30-15-11-23(29)26-20-5-2-17(3-6-20)8-12-28-13-9-18(10-14-28)24-21-16-19(25)4-7-22(21)31-27-24;1-15(27)24-19-5-2-16(3-6-19)8-11-26-12-9-17(10-13-26)22-20-14-18(23)4-7-21(20)28-25-22/h4,7,16-18,20H,2-3,5-6,8-15H2,1H3,(H,26,29);4,7,14,16-17,19H,2-3,5-6,8-13H2,1H3,(H,24,27)/t17-,20-;16-,19-. The summed E-state index contributed by atoms with van der Waals surface area (Å²) in [6.45, 7) is 8.62. The Morgan fingerprint density at radius 3 is 1.54 bits per heavy atom. The molecule has 2 saturated carbocycles. The van der Waals surface area contributed by atoms with Gasteiger partial charge in [0.1, 0.15) is 11.6 Å². The minimum atomic E-state index is -0.237. The van der Waals surface area contributed by atoms with E-state index in [1.54, 1.807) is 38.3 Å². The van der Waals surface area contributed by atoms with Crippen LogP contribution in [-0.2, 0) is 14.3 Å². The van der Waals surface area contributed by atoms with Gasteiger partial charge in [0.05, 0.1) is 18.0 Å². The molecule has 0 radical (unpaired) electrons. The molecule has 8 rings (SSSR count). The highest BCUT2D eigenvalue weighted by molar-refractivity contribution is 5.80. The van der Waals surface area contributed by atoms with Crippen molar-refractivity contribution in [2.75, 3.05) is 53.0 Å². The van der Waals surface area contributed by atoms with Gasteiger partial charge in [0.25, 0.3) is 0 Å². The summed E-state index contributed by atoms with van der Waals surface area (Å²) in [5.74, 6) is 1.97. The van der Waals surface area contributed by atoms with Crippen LogP contribution in [-0.4, -0.2) is 97.0 Å². The van der Waals surface area contributed by atoms with Gasteiger partial charge in [0.15, 0.2) is 11.2 Å². The Labute approximate surface area is 347 Å². The van der Waals surface area contributed by atoms with Gasteiger partial charge in [0, 0.05) is 55.1 Å². The third kappa shape index (κ3) is 12.1. The number of rotatable bonds is 13. The molecule has 2 saturated heterocycles. The van der Waals surface area contributed by atoms with Gasteiger partial charge < -0.3 is 34.2 Å². The smallest absolute Gasteiger partial charge is 0.222 e. The topological polar surface area (TPSA) is 126 Å². The van der Waals surface area contributed by atoms with E-state index in [0.717, 1.165) is 125 Å². The molecule has 59 heavy (non-hydrogen) atoms. The summed E-state index contributed by atoms with van der Waals surface area (Å²) in [6, 6.07) is 9.97. The Balaban J connectivity index is 0.000000180. The van der Waals surface area contributed by atoms with Crippen LogP contribution in [0.5, 0.6) is 0 Å². The van der Waals surface area contributed by atoms with Crippen LogP contribution in [0, 0.1) is 23.5 Å². The summed E-state index contributed by atoms with van der Waals surface area (Å²) >= 11 is 0. The first-order valence-electron chi connectivity index (χ1n) is 22.3. The third-order valence-electron chi connectivity index (χ3n) is 13.6. The molecule has 2 aromatic carbocycles. The van der Waals surface area contributed by atoms with Crippen LogP contribution >= 0.6 is 0 Å². The zero-order valence-electron chi connectivity index (χ0n) is 35.1. The van der Waals surface area contributed by atoms with Crippen LogP contribution in [0.25, 0.3) is 21.9 Å². The number of methoxy groups -OCH3 is 1. The van der Waals surface area contributed by atoms with Gasteiger partial charge >= 0.3 is 0 Å². The molecule has 2 aliphatic carbocycles. The van der Waals surface area contributed by atoms with Crippen LogP contribution in [0.1, 0.15) is 126 Å². The van der Waals surface area contributed by atoms with Gasteiger partial charge in [-0.2, -0.15) is 0 Å². The van der Waals surface area contributed by atoms with Crippen molar-refractivity contribution in [1.29, 1.82) is 0 Å². The average molecular weight is 819 g/mol. The van der Waals surface area contributed by atoms with Crippen LogP contribution in [0.15, 0.2) is 45.4 Å². The molecule has 2 aromatic heterocycles. The Morgan fingerprint density at radius 1 is 0.678 bits per heavy atom. The fourth-order valence-corrected chi connectivity index (χ4v) is 10.0. The maximum Gasteiger partial charge on any atom is 0.222 e. The zero-order chi connectivity index (χ0) is 41.1. The van der Waals surface area contributed by atoms with Gasteiger partial charge in [-0.1, -0.05) is 10.3 Å². The summed E-state index contributed by atoms with van der Waals surface area (Å²) in [7, 11) is 1.62. The number of piperidine rings is 2. The maximum absolute atomic E-state index is 13.6. The fourth-order valence-electron chi connectivity index (χ4n) is 10.0. The molecular weight excluding hydrogens is 755 g/mol. The number of nitrogens with one attached hydrogen (secondary N) is 2. The Kier molecular flexibility index (Phi) is 15.4. The summed E-state index contributed by atoms with van der Waals surface area (Å²) in [5.41, 5.74) is 3.18. The van der Waals surface area contributed by atoms with E-state index in [2.05, 4.69) is 30.7 Å². The van der Waals surface area contributed by atoms with E-state index in [9.17, 15) is 18.4 Å². The van der Waals surface area contributed by atoms with Crippen molar-refractivity contribution in [3.63, 3.8) is 0 Å². The van der Waals surface area contributed by atoms with E-state index in [1.165, 1.54) is 50.7 Å². The second-order valence-electron chi connectivity index (χ2n) is 17.7. The van der Waals surface area contributed by atoms with Gasteiger partial charge in [0.2, 0.25) is 11.8 Å². The average Bonchev–Trinajstić information content (AvgIpc) is 3.87. The van der Waals surface area contributed by atoms with Crippen LogP contribution in [0.2, 0.25) is 0 Å². The van der Waals surface area contributed by atoms with Crippen molar-refractivity contribution >= 4 is 33.8 Å². The molecule has 13 heteroatoms. The number of carbonyl (C=O) groups excluding carboxylic acids is 2. The van der Waals surface area contributed by atoms with E-state index >= 15 is 0 Å². The van der Waals surface area contributed by atoms with E-state index in [0.29, 0.717) is 48.1 Å². The second kappa shape index (κ2) is 21.0. The van der Waals surface area contributed by atoms with Crippen molar-refractivity contribution in [3.8, 4) is 0 Å². The van der Waals surface area contributed by atoms with Gasteiger partial charge in [-0.05, 0) is 177 Å². The number of hydrogen-bond donors (Lipinski definition) is 2. The molecule has 322 valence electrons. The first-order chi connectivity index (χ1) is 28.7. The highest BCUT2D eigenvalue weighted by atomic mass is 19.1. The van der Waals surface area contributed by atoms with E-state index in [1.807, 2.05) is 0 Å². The van der Waals surface area contributed by atoms with Gasteiger partial charge in [-0.3, -0.25) is 9.59 Å². The maximum atomic E-state index is 13.6. The lowest BCUT2D eigenvalue weighted by atomic mass is 9.83. The summed E-state index contributed by atoms with van der Waals surface area (Å²) < 4.78 is 43.0. The number of hydrogen-bond acceptors (Lipinski definition) is 9. The number of nitrogens with zero attached hydrogens (tertiary/aromatic N) is 4. The molecule has 11 nitrogen and oxygen atoms in total. The van der Waals surface area contributed by atoms with Crippen molar-refractivity contribution in [1.82, 2.24) is 30.7 Å². The number of ether oxygens (including phenoxy) is 1. The highest BCUT2D eigenvalue weighted by Gasteiger charge is 2.29. The number of fused-ring (bicyclic) bond motifs is 2. The van der Waals surface area contributed by atoms with E-state index in [-0.39, 0.29) is 23.4 Å². The van der Waals surface area contributed by atoms with Crippen molar-refractivity contribution < 1.29 is 32.2 Å². The Bertz CT molecular complexity index is 1940. The first kappa shape index (κ1) is 43.2. The summed E-state index contributed by atoms with van der Waals surface area (Å²) in [5, 5.41) is 16.3. The normalized spacial score (nSPS) is 23.9. The number of amides is 2. The molecule has 0 bridgehead atoms. The molecule has 4 aromatic rings. The van der Waals surface area contributed by atoms with Crippen LogP contribution in [0.4, 0.5) is 8.78 Å². The second-order valence-corrected chi connectivity index (χ2v) is 17.7. The zero-order valence-corrected chi connectivity index (χ0v) is 35.1. The Hall–Kier alpha value is -3.94. The molecule has 4 heterocycles. The fraction of sp³-hybridized carbons (Fsp3) is 0.652. The summed E-state index contributed by atoms with van der Waals surface area (Å²) in [6.07, 6.45) is 16.3. The molecule has 2 amide bonds. The molecule has 0 atom stereocenters. The SMILES string of the molecule is CC(=O)N[C@H]1CC[C@H](CCN2CCC(c3noc4ccc(F)cc34)CC2)CC1.COCCC(=O)N[C@H]1CC[C@H](CCN2CCC(c3noc4ccc(F)cc34)CC2)CC1. The van der Waals surface area contributed by atoms with Gasteiger partial charge in [-0.15, -0.1) is 0 Å². The number of carbonyl (C=O) groups is 2. The first-order valence-corrected chi connectivity index (χ1v) is 22.3. The third-order valence-corrected chi connectivity index (χ3v) is 13.6. The number of benzene rings is 2. The minimum absolute atomic E-state index is 0.0916. The lowest BCUT2D eigenvalue weighted by Crippen LogP contribution is -2.39. The quantitative estimate of drug-likeness (QED) is 0.137. The predicted molar refractivity (Wildman–Crippen MR) is 224 cm³/mol. The molecule has 2 N–H and O–H groups in total. The predicted octanol–water partition coefficient (Wildman–Crippen LogP) is 8.48. The van der Waals surface area contributed by atoms with E-state index < -0.39 is 0 Å². The number of likely N-dealkylation sites (tertiary alicyclic amines) is 2. The lowest BCUT2D eigenvalue weighted by Gasteiger charge is -2.34. The van der Waals surface area contributed by atoms with Crippen molar-refractivity contribution in [2.24, 2.45) is 11.8 Å². The largest absolute Gasteiger partial charge is 0.384 e. The number of halogens is 2. The molecule has 0 spiro atoms. The minimum Gasteiger partial charge on any atom is -0.384 e. The van der Waals surface area contributed by atoms with Crippen LogP contribution < -0.4 is 10.6 Å². The lowest BCUT2D eigenvalue weighted by molar-refractivity contribution is -0.123. The molecule has 0 unspecified atom stereocenters. The monoisotopic (exact) mass is 818 g/mol. The molecule has 4 fully saturated rings. The molecular formula is C46H64F2N6O5. The summed E-state index contributed by atoms with van der Waals surface area (Å²) in [4.78, 5) is 28.1. The molecule has 4 aliphatic rings. The number of aromatic nitrogens is 2. The van der Waals surface area contributed by atoms with E-state index in [4.69, 9.17) is 13.8 Å². The van der Waals surface area contributed by atoms with Crippen molar-refractivity contribution in [3.05, 3.63) is 59.4 Å². The van der Waals surface area contributed by atoms with Crippen LogP contribution in [0.3, 0.4) is 0 Å². The molecule has 2 aliphatic heterocycles. The highest BCUT2D eigenvalue weighted by Crippen LogP contribution is 2.36.